The first-order valence-electron chi connectivity index (χ1n) is 12.9. The second-order valence-corrected chi connectivity index (χ2v) is 11.5. The highest BCUT2D eigenvalue weighted by Gasteiger charge is 2.57. The molecule has 0 bridgehead atoms. The minimum absolute atomic E-state index is 0.00918. The Hall–Kier alpha value is -1.81. The average molecular weight is 454 g/mol. The molecule has 4 heteroatoms. The van der Waals surface area contributed by atoms with Crippen molar-refractivity contribution in [2.45, 2.75) is 78.8 Å². The number of likely N-dealkylation sites (tertiary alicyclic amines) is 1. The van der Waals surface area contributed by atoms with Crippen molar-refractivity contribution in [3.8, 4) is 5.75 Å². The van der Waals surface area contributed by atoms with Crippen LogP contribution in [0.2, 0.25) is 0 Å². The predicted molar refractivity (Wildman–Crippen MR) is 133 cm³/mol. The Morgan fingerprint density at radius 3 is 2.48 bits per heavy atom. The van der Waals surface area contributed by atoms with Gasteiger partial charge in [0.25, 0.3) is 0 Å². The van der Waals surface area contributed by atoms with Crippen molar-refractivity contribution in [1.82, 2.24) is 4.90 Å². The molecule has 5 atom stereocenters. The first-order valence-corrected chi connectivity index (χ1v) is 12.9. The van der Waals surface area contributed by atoms with Gasteiger partial charge in [-0.05, 0) is 79.9 Å². The summed E-state index contributed by atoms with van der Waals surface area (Å²) in [7, 11) is 3.28. The number of rotatable bonds is 5. The molecule has 182 valence electrons. The number of nitrogens with zero attached hydrogens (tertiary/aromatic N) is 1. The van der Waals surface area contributed by atoms with Crippen molar-refractivity contribution in [3.63, 3.8) is 0 Å². The minimum Gasteiger partial charge on any atom is -0.497 e. The Kier molecular flexibility index (Phi) is 6.96. The van der Waals surface area contributed by atoms with E-state index >= 15 is 0 Å². The molecule has 1 aromatic rings. The number of hydrogen-bond acceptors (Lipinski definition) is 4. The standard InChI is InChI=1S/C29H43NO3/c1-20(2)25-14-13-24-22(19-30(25)18-21-8-11-23(32-5)12-9-21)10-15-26-28(24,3)16-7-17-29(26,4)27(31)33-6/h8-12,20,24-26H,7,13-19H2,1-6H3/t24-,25-,26+,28+,29+/m0/s1. The van der Waals surface area contributed by atoms with Gasteiger partial charge in [0.05, 0.1) is 19.6 Å². The summed E-state index contributed by atoms with van der Waals surface area (Å²) >= 11 is 0. The molecule has 1 saturated carbocycles. The van der Waals surface area contributed by atoms with Crippen LogP contribution in [0.4, 0.5) is 0 Å². The number of fused-ring (bicyclic) bond motifs is 3. The highest BCUT2D eigenvalue weighted by atomic mass is 16.5. The van der Waals surface area contributed by atoms with Crippen LogP contribution in [-0.4, -0.2) is 37.7 Å². The Bertz CT molecular complexity index is 875. The molecule has 4 nitrogen and oxygen atoms in total. The smallest absolute Gasteiger partial charge is 0.311 e. The van der Waals surface area contributed by atoms with E-state index in [2.05, 4.69) is 62.9 Å². The number of hydrogen-bond donors (Lipinski definition) is 0. The van der Waals surface area contributed by atoms with Gasteiger partial charge in [-0.3, -0.25) is 9.69 Å². The molecule has 2 fully saturated rings. The van der Waals surface area contributed by atoms with Gasteiger partial charge < -0.3 is 9.47 Å². The topological polar surface area (TPSA) is 38.8 Å². The quantitative estimate of drug-likeness (QED) is 0.390. The number of methoxy groups -OCH3 is 2. The molecule has 0 aromatic heterocycles. The predicted octanol–water partition coefficient (Wildman–Crippen LogP) is 6.25. The summed E-state index contributed by atoms with van der Waals surface area (Å²) in [6, 6.07) is 9.11. The van der Waals surface area contributed by atoms with Crippen LogP contribution in [0.1, 0.15) is 71.8 Å². The number of ether oxygens (including phenoxy) is 2. The Labute approximate surface area is 200 Å². The second-order valence-electron chi connectivity index (χ2n) is 11.5. The van der Waals surface area contributed by atoms with E-state index in [1.807, 2.05) is 0 Å². The molecule has 0 amide bonds. The Balaban J connectivity index is 1.63. The van der Waals surface area contributed by atoms with Crippen molar-refractivity contribution in [2.24, 2.45) is 28.6 Å². The van der Waals surface area contributed by atoms with Crippen molar-refractivity contribution in [1.29, 1.82) is 0 Å². The summed E-state index contributed by atoms with van der Waals surface area (Å²) in [4.78, 5) is 15.6. The zero-order valence-electron chi connectivity index (χ0n) is 21.5. The van der Waals surface area contributed by atoms with Gasteiger partial charge in [-0.25, -0.2) is 0 Å². The molecule has 2 aliphatic carbocycles. The highest BCUT2D eigenvalue weighted by Crippen LogP contribution is 2.61. The summed E-state index contributed by atoms with van der Waals surface area (Å²) < 4.78 is 10.7. The summed E-state index contributed by atoms with van der Waals surface area (Å²) in [5.41, 5.74) is 2.76. The van der Waals surface area contributed by atoms with E-state index in [1.54, 1.807) is 19.8 Å². The van der Waals surface area contributed by atoms with Crippen LogP contribution in [0.3, 0.4) is 0 Å². The Morgan fingerprint density at radius 1 is 1.12 bits per heavy atom. The zero-order chi connectivity index (χ0) is 23.8. The van der Waals surface area contributed by atoms with Gasteiger partial charge in [-0.2, -0.15) is 0 Å². The van der Waals surface area contributed by atoms with Crippen molar-refractivity contribution < 1.29 is 14.3 Å². The highest BCUT2D eigenvalue weighted by molar-refractivity contribution is 5.77. The molecule has 3 aliphatic rings. The van der Waals surface area contributed by atoms with Crippen LogP contribution in [0.25, 0.3) is 0 Å². The van der Waals surface area contributed by atoms with Crippen LogP contribution in [0, 0.1) is 28.6 Å². The van der Waals surface area contributed by atoms with Crippen molar-refractivity contribution >= 4 is 5.97 Å². The van der Waals surface area contributed by atoms with Gasteiger partial charge >= 0.3 is 5.97 Å². The number of benzene rings is 1. The van der Waals surface area contributed by atoms with E-state index in [9.17, 15) is 4.79 Å². The third-order valence-corrected chi connectivity index (χ3v) is 9.41. The molecule has 0 N–H and O–H groups in total. The molecular formula is C29H43NO3. The van der Waals surface area contributed by atoms with Crippen LogP contribution >= 0.6 is 0 Å². The lowest BCUT2D eigenvalue weighted by molar-refractivity contribution is -0.166. The van der Waals surface area contributed by atoms with Gasteiger partial charge in [0.2, 0.25) is 0 Å². The minimum atomic E-state index is -0.365. The number of esters is 1. The molecule has 1 heterocycles. The van der Waals surface area contributed by atoms with E-state index in [0.29, 0.717) is 23.8 Å². The number of carbonyl (C=O) groups is 1. The van der Waals surface area contributed by atoms with Crippen molar-refractivity contribution in [2.75, 3.05) is 20.8 Å². The van der Waals surface area contributed by atoms with E-state index in [0.717, 1.165) is 38.1 Å². The monoisotopic (exact) mass is 453 g/mol. The summed E-state index contributed by atoms with van der Waals surface area (Å²) in [6.45, 7) is 11.4. The average Bonchev–Trinajstić information content (AvgIpc) is 2.99. The molecule has 0 radical (unpaired) electrons. The lowest BCUT2D eigenvalue weighted by Gasteiger charge is -2.56. The fraction of sp³-hybridized carbons (Fsp3) is 0.690. The molecule has 1 aromatic carbocycles. The normalized spacial score (nSPS) is 34.6. The molecule has 33 heavy (non-hydrogen) atoms. The molecule has 1 aliphatic heterocycles. The fourth-order valence-electron chi connectivity index (χ4n) is 7.63. The van der Waals surface area contributed by atoms with Gasteiger partial charge in [-0.15, -0.1) is 0 Å². The van der Waals surface area contributed by atoms with Gasteiger partial charge in [0.15, 0.2) is 0 Å². The molecule has 1 saturated heterocycles. The van der Waals surface area contributed by atoms with Crippen LogP contribution in [0.15, 0.2) is 35.9 Å². The number of allylic oxidation sites excluding steroid dienone is 1. The van der Waals surface area contributed by atoms with Gasteiger partial charge in [-0.1, -0.05) is 51.0 Å². The fourth-order valence-corrected chi connectivity index (χ4v) is 7.63. The lowest BCUT2D eigenvalue weighted by atomic mass is 9.47. The lowest BCUT2D eigenvalue weighted by Crippen LogP contribution is -2.53. The third kappa shape index (κ3) is 4.36. The molecule has 4 rings (SSSR count). The summed E-state index contributed by atoms with van der Waals surface area (Å²) in [6.07, 6.45) is 9.23. The Morgan fingerprint density at radius 2 is 1.85 bits per heavy atom. The molecule has 0 unspecified atom stereocenters. The number of carbonyl (C=O) groups excluding carboxylic acids is 1. The maximum atomic E-state index is 12.9. The van der Waals surface area contributed by atoms with E-state index in [-0.39, 0.29) is 16.8 Å². The van der Waals surface area contributed by atoms with Crippen LogP contribution in [0.5, 0.6) is 5.75 Å². The first kappa shape index (κ1) is 24.3. The summed E-state index contributed by atoms with van der Waals surface area (Å²) in [5.74, 6) is 2.44. The van der Waals surface area contributed by atoms with Gasteiger partial charge in [0, 0.05) is 19.1 Å². The molecule has 0 spiro atoms. The SMILES string of the molecule is COC(=O)[C@]1(C)CCC[C@@]2(C)[C@H]1CC=C1CN(Cc3ccc(OC)cc3)[C@H](C(C)C)CC[C@@H]12. The maximum Gasteiger partial charge on any atom is 0.311 e. The van der Waals surface area contributed by atoms with E-state index in [4.69, 9.17) is 9.47 Å². The molecular weight excluding hydrogens is 410 g/mol. The van der Waals surface area contributed by atoms with Crippen molar-refractivity contribution in [3.05, 3.63) is 41.5 Å². The van der Waals surface area contributed by atoms with Crippen LogP contribution < -0.4 is 4.74 Å². The maximum absolute atomic E-state index is 12.9. The van der Waals surface area contributed by atoms with E-state index < -0.39 is 0 Å². The van der Waals surface area contributed by atoms with E-state index in [1.165, 1.54) is 24.8 Å². The zero-order valence-corrected chi connectivity index (χ0v) is 21.5. The first-order chi connectivity index (χ1) is 15.7. The summed E-state index contributed by atoms with van der Waals surface area (Å²) in [5, 5.41) is 0. The third-order valence-electron chi connectivity index (χ3n) is 9.41. The van der Waals surface area contributed by atoms with Crippen LogP contribution in [-0.2, 0) is 16.1 Å². The largest absolute Gasteiger partial charge is 0.497 e. The van der Waals surface area contributed by atoms with Gasteiger partial charge in [0.1, 0.15) is 5.75 Å². The second kappa shape index (κ2) is 9.44.